The lowest BCUT2D eigenvalue weighted by Crippen LogP contribution is -2.45. The number of aryl methyl sites for hydroxylation is 1. The molecule has 0 spiro atoms. The second-order valence-corrected chi connectivity index (χ2v) is 9.72. The highest BCUT2D eigenvalue weighted by molar-refractivity contribution is 5.94. The molecule has 2 aromatic heterocycles. The second kappa shape index (κ2) is 9.00. The standard InChI is InChI=1S/C28H29N5O2/c1-17-13-22(25(18-9-5-4-6-10-18)32-24(17)19-15-29-30-16-19)31-27(35)33-26-20-11-7-8-12-21(20)28(2,3)14-23(26)34/h4-13,15-16,23,26,34H,14H2,1-3H3,(H,29,30)(H2,31,33,35)/t23-,26?/m1/s1. The average molecular weight is 468 g/mol. The molecule has 2 heterocycles. The SMILES string of the molecule is Cc1cc(NC(=O)NC2c3ccccc3C(C)(C)C[C@H]2O)c(-c2ccccc2)nc1-c1cn[nH]c1. The monoisotopic (exact) mass is 467 g/mol. The highest BCUT2D eigenvalue weighted by Crippen LogP contribution is 2.41. The van der Waals surface area contributed by atoms with Crippen LogP contribution in [-0.4, -0.2) is 32.4 Å². The number of fused-ring (bicyclic) bond motifs is 1. The van der Waals surface area contributed by atoms with Gasteiger partial charge in [0.1, 0.15) is 0 Å². The normalized spacial score (nSPS) is 18.5. The molecule has 7 heteroatoms. The molecule has 0 bridgehead atoms. The van der Waals surface area contributed by atoms with Crippen molar-refractivity contribution in [3.8, 4) is 22.5 Å². The number of amides is 2. The number of benzene rings is 2. The van der Waals surface area contributed by atoms with Crippen LogP contribution in [0.15, 0.2) is 73.1 Å². The van der Waals surface area contributed by atoms with Gasteiger partial charge in [0.2, 0.25) is 0 Å². The van der Waals surface area contributed by atoms with Gasteiger partial charge in [0, 0.05) is 17.3 Å². The number of H-pyrrole nitrogens is 1. The Morgan fingerprint density at radius 1 is 1.06 bits per heavy atom. The molecule has 0 saturated heterocycles. The second-order valence-electron chi connectivity index (χ2n) is 9.72. The van der Waals surface area contributed by atoms with Gasteiger partial charge >= 0.3 is 6.03 Å². The van der Waals surface area contributed by atoms with Crippen molar-refractivity contribution in [2.45, 2.75) is 44.8 Å². The number of pyridine rings is 1. The Bertz CT molecular complexity index is 1350. The summed E-state index contributed by atoms with van der Waals surface area (Å²) < 4.78 is 0. The van der Waals surface area contributed by atoms with Crippen LogP contribution in [0, 0.1) is 6.92 Å². The summed E-state index contributed by atoms with van der Waals surface area (Å²) in [6.45, 7) is 6.19. The summed E-state index contributed by atoms with van der Waals surface area (Å²) in [5, 5.41) is 23.8. The number of hydrogen-bond acceptors (Lipinski definition) is 4. The number of urea groups is 1. The van der Waals surface area contributed by atoms with E-state index in [0.29, 0.717) is 17.8 Å². The first-order valence-corrected chi connectivity index (χ1v) is 11.7. The maximum Gasteiger partial charge on any atom is 0.319 e. The first-order chi connectivity index (χ1) is 16.8. The van der Waals surface area contributed by atoms with E-state index in [-0.39, 0.29) is 5.41 Å². The third-order valence-electron chi connectivity index (χ3n) is 6.70. The molecule has 1 aliphatic rings. The van der Waals surface area contributed by atoms with Crippen LogP contribution in [0.25, 0.3) is 22.5 Å². The maximum atomic E-state index is 13.2. The Hall–Kier alpha value is -3.97. The molecule has 7 nitrogen and oxygen atoms in total. The summed E-state index contributed by atoms with van der Waals surface area (Å²) in [5.74, 6) is 0. The van der Waals surface area contributed by atoms with Crippen LogP contribution in [0.3, 0.4) is 0 Å². The third-order valence-corrected chi connectivity index (χ3v) is 6.70. The van der Waals surface area contributed by atoms with Crippen molar-refractivity contribution in [3.63, 3.8) is 0 Å². The highest BCUT2D eigenvalue weighted by Gasteiger charge is 2.39. The Balaban J connectivity index is 1.47. The predicted molar refractivity (Wildman–Crippen MR) is 137 cm³/mol. The number of aliphatic hydroxyl groups excluding tert-OH is 1. The fourth-order valence-corrected chi connectivity index (χ4v) is 5.01. The molecule has 5 rings (SSSR count). The molecule has 1 unspecified atom stereocenters. The number of carbonyl (C=O) groups excluding carboxylic acids is 1. The summed E-state index contributed by atoms with van der Waals surface area (Å²) >= 11 is 0. The van der Waals surface area contributed by atoms with Gasteiger partial charge in [0.05, 0.1) is 35.4 Å². The van der Waals surface area contributed by atoms with Crippen molar-refractivity contribution >= 4 is 11.7 Å². The molecule has 2 aromatic carbocycles. The molecule has 0 radical (unpaired) electrons. The maximum absolute atomic E-state index is 13.2. The van der Waals surface area contributed by atoms with Gasteiger partial charge in [-0.05, 0) is 41.5 Å². The van der Waals surface area contributed by atoms with Crippen LogP contribution in [0.4, 0.5) is 10.5 Å². The van der Waals surface area contributed by atoms with Crippen LogP contribution in [-0.2, 0) is 5.41 Å². The number of hydrogen-bond donors (Lipinski definition) is 4. The molecule has 0 saturated carbocycles. The zero-order valence-corrected chi connectivity index (χ0v) is 20.0. The lowest BCUT2D eigenvalue weighted by molar-refractivity contribution is 0.0883. The van der Waals surface area contributed by atoms with Gasteiger partial charge in [-0.15, -0.1) is 0 Å². The van der Waals surface area contributed by atoms with Gasteiger partial charge < -0.3 is 15.7 Å². The third kappa shape index (κ3) is 4.42. The smallest absolute Gasteiger partial charge is 0.319 e. The van der Waals surface area contributed by atoms with Crippen LogP contribution in [0.2, 0.25) is 0 Å². The first-order valence-electron chi connectivity index (χ1n) is 11.7. The Labute approximate surface area is 204 Å². The average Bonchev–Trinajstić information content (AvgIpc) is 3.37. The summed E-state index contributed by atoms with van der Waals surface area (Å²) in [6.07, 6.45) is 3.40. The number of nitrogens with one attached hydrogen (secondary N) is 3. The van der Waals surface area contributed by atoms with Crippen LogP contribution < -0.4 is 10.6 Å². The number of nitrogens with zero attached hydrogens (tertiary/aromatic N) is 2. The summed E-state index contributed by atoms with van der Waals surface area (Å²) in [7, 11) is 0. The molecule has 2 amide bonds. The largest absolute Gasteiger partial charge is 0.391 e. The van der Waals surface area contributed by atoms with Gasteiger partial charge in [-0.1, -0.05) is 68.4 Å². The minimum atomic E-state index is -0.692. The number of rotatable bonds is 4. The highest BCUT2D eigenvalue weighted by atomic mass is 16.3. The van der Waals surface area contributed by atoms with Crippen molar-refractivity contribution in [2.24, 2.45) is 0 Å². The molecule has 4 aromatic rings. The van der Waals surface area contributed by atoms with E-state index in [9.17, 15) is 9.90 Å². The van der Waals surface area contributed by atoms with Crippen molar-refractivity contribution in [3.05, 3.63) is 89.7 Å². The first kappa shape index (κ1) is 22.8. The Kier molecular flexibility index (Phi) is 5.86. The lowest BCUT2D eigenvalue weighted by atomic mass is 9.70. The molecule has 0 aliphatic heterocycles. The van der Waals surface area contributed by atoms with Crippen LogP contribution in [0.5, 0.6) is 0 Å². The minimum absolute atomic E-state index is 0.172. The zero-order valence-electron chi connectivity index (χ0n) is 20.0. The van der Waals surface area contributed by atoms with Gasteiger partial charge in [-0.3, -0.25) is 5.10 Å². The van der Waals surface area contributed by atoms with Crippen molar-refractivity contribution in [1.29, 1.82) is 0 Å². The number of anilines is 1. The Morgan fingerprint density at radius 3 is 2.54 bits per heavy atom. The number of aromatic amines is 1. The molecule has 2 atom stereocenters. The van der Waals surface area contributed by atoms with E-state index in [1.807, 2.05) is 61.5 Å². The number of aromatic nitrogens is 3. The van der Waals surface area contributed by atoms with E-state index in [0.717, 1.165) is 33.5 Å². The predicted octanol–water partition coefficient (Wildman–Crippen LogP) is 5.35. The summed E-state index contributed by atoms with van der Waals surface area (Å²) in [6, 6.07) is 18.8. The number of aliphatic hydroxyl groups is 1. The van der Waals surface area contributed by atoms with Gasteiger partial charge in [-0.25, -0.2) is 9.78 Å². The van der Waals surface area contributed by atoms with E-state index in [1.54, 1.807) is 12.4 Å². The molecule has 0 fully saturated rings. The van der Waals surface area contributed by atoms with Crippen molar-refractivity contribution in [1.82, 2.24) is 20.5 Å². The van der Waals surface area contributed by atoms with Crippen LogP contribution in [0.1, 0.15) is 43.0 Å². The quantitative estimate of drug-likeness (QED) is 0.325. The van der Waals surface area contributed by atoms with Crippen LogP contribution >= 0.6 is 0 Å². The summed E-state index contributed by atoms with van der Waals surface area (Å²) in [4.78, 5) is 18.1. The molecule has 1 aliphatic carbocycles. The molecular formula is C28H29N5O2. The fourth-order valence-electron chi connectivity index (χ4n) is 5.01. The fraction of sp³-hybridized carbons (Fsp3) is 0.250. The summed E-state index contributed by atoms with van der Waals surface area (Å²) in [5.41, 5.74) is 6.63. The van der Waals surface area contributed by atoms with Gasteiger partial charge in [0.25, 0.3) is 0 Å². The van der Waals surface area contributed by atoms with E-state index in [2.05, 4.69) is 40.7 Å². The van der Waals surface area contributed by atoms with Gasteiger partial charge in [-0.2, -0.15) is 5.10 Å². The molecule has 178 valence electrons. The Morgan fingerprint density at radius 2 is 1.80 bits per heavy atom. The van der Waals surface area contributed by atoms with E-state index < -0.39 is 18.2 Å². The van der Waals surface area contributed by atoms with E-state index in [4.69, 9.17) is 4.98 Å². The van der Waals surface area contributed by atoms with Crippen molar-refractivity contribution in [2.75, 3.05) is 5.32 Å². The molecular weight excluding hydrogens is 438 g/mol. The topological polar surface area (TPSA) is 103 Å². The van der Waals surface area contributed by atoms with Gasteiger partial charge in [0.15, 0.2) is 0 Å². The minimum Gasteiger partial charge on any atom is -0.391 e. The van der Waals surface area contributed by atoms with Crippen molar-refractivity contribution < 1.29 is 9.90 Å². The zero-order chi connectivity index (χ0) is 24.6. The molecule has 4 N–H and O–H groups in total. The number of carbonyl (C=O) groups is 1. The lowest BCUT2D eigenvalue weighted by Gasteiger charge is -2.40. The van der Waals surface area contributed by atoms with E-state index in [1.165, 1.54) is 0 Å². The molecule has 35 heavy (non-hydrogen) atoms. The van der Waals surface area contributed by atoms with E-state index >= 15 is 0 Å².